The molecule has 6 nitrogen and oxygen atoms in total. The zero-order valence-corrected chi connectivity index (χ0v) is 40.0. The molecule has 3 atom stereocenters. The minimum Gasteiger partial charge on any atom is -0.462 e. The molecule has 6 heteroatoms. The van der Waals surface area contributed by atoms with E-state index in [-0.39, 0.29) is 24.9 Å². The van der Waals surface area contributed by atoms with Crippen molar-refractivity contribution in [2.75, 3.05) is 6.61 Å². The van der Waals surface area contributed by atoms with Crippen molar-refractivity contribution in [1.82, 2.24) is 5.32 Å². The fourth-order valence-corrected chi connectivity index (χ4v) is 7.41. The van der Waals surface area contributed by atoms with Crippen molar-refractivity contribution in [2.45, 2.75) is 257 Å². The number of carbonyl (C=O) groups is 2. The minimum absolute atomic E-state index is 0.0556. The number of aliphatic hydroxyl groups is 2. The SMILES string of the molecule is CCCCC/C=C\C/C=C\CCCCCCCC(CC(=O)NC(CO)C(O)CCCCCCCCCCC)OC(=O)CCCCCCC/C=C/C=C/C=C/C=C/CCCCC. The molecule has 0 rings (SSSR count). The first kappa shape index (κ1) is 58.3. The first-order chi connectivity index (χ1) is 30.0. The molecule has 0 fully saturated rings. The summed E-state index contributed by atoms with van der Waals surface area (Å²) in [4.78, 5) is 26.1. The molecular weight excluding hydrogens is 755 g/mol. The van der Waals surface area contributed by atoms with Crippen molar-refractivity contribution in [3.63, 3.8) is 0 Å². The maximum absolute atomic E-state index is 13.2. The van der Waals surface area contributed by atoms with E-state index < -0.39 is 18.2 Å². The summed E-state index contributed by atoms with van der Waals surface area (Å²) in [7, 11) is 0. The van der Waals surface area contributed by atoms with Gasteiger partial charge in [-0.3, -0.25) is 9.59 Å². The highest BCUT2D eigenvalue weighted by atomic mass is 16.5. The van der Waals surface area contributed by atoms with Gasteiger partial charge in [0.25, 0.3) is 0 Å². The Balaban J connectivity index is 4.66. The Morgan fingerprint density at radius 3 is 1.43 bits per heavy atom. The van der Waals surface area contributed by atoms with Crippen molar-refractivity contribution in [1.29, 1.82) is 0 Å². The average molecular weight is 852 g/mol. The van der Waals surface area contributed by atoms with Crippen LogP contribution in [0.2, 0.25) is 0 Å². The number of rotatable bonds is 45. The quantitative estimate of drug-likeness (QED) is 0.0245. The summed E-state index contributed by atoms with van der Waals surface area (Å²) in [5.41, 5.74) is 0. The summed E-state index contributed by atoms with van der Waals surface area (Å²) >= 11 is 0. The van der Waals surface area contributed by atoms with Gasteiger partial charge in [0, 0.05) is 6.42 Å². The monoisotopic (exact) mass is 852 g/mol. The van der Waals surface area contributed by atoms with Gasteiger partial charge in [0.2, 0.25) is 5.91 Å². The van der Waals surface area contributed by atoms with Crippen molar-refractivity contribution in [3.05, 3.63) is 72.9 Å². The van der Waals surface area contributed by atoms with Crippen LogP contribution in [0.1, 0.15) is 239 Å². The van der Waals surface area contributed by atoms with Crippen molar-refractivity contribution in [3.8, 4) is 0 Å². The van der Waals surface area contributed by atoms with Crippen LogP contribution in [0.25, 0.3) is 0 Å². The molecule has 0 radical (unpaired) electrons. The van der Waals surface area contributed by atoms with Gasteiger partial charge in [-0.25, -0.2) is 0 Å². The Hall–Kier alpha value is -2.70. The summed E-state index contributed by atoms with van der Waals surface area (Å²) in [6.45, 7) is 6.39. The number of allylic oxidation sites excluding steroid dienone is 12. The zero-order valence-electron chi connectivity index (χ0n) is 40.0. The van der Waals surface area contributed by atoms with Crippen LogP contribution >= 0.6 is 0 Å². The lowest BCUT2D eigenvalue weighted by Gasteiger charge is -2.24. The standard InChI is InChI=1S/C55H97NO5/c1-4-7-10-13-16-19-21-23-25-26-27-29-31-33-36-39-42-45-48-55(60)61-51(46-43-40-37-35-32-30-28-24-22-20-17-14-11-8-5-2)49-54(59)56-52(50-57)53(58)47-44-41-38-34-18-15-12-9-6-3/h16-17,19-21,23-29,51-53,57-58H,4-15,18,22,30-50H2,1-3H3,(H,56,59)/b19-16+,20-17-,23-21+,26-25+,28-24-,29-27+. The fraction of sp³-hybridized carbons (Fsp3) is 0.745. The van der Waals surface area contributed by atoms with E-state index in [0.29, 0.717) is 19.3 Å². The van der Waals surface area contributed by atoms with E-state index in [0.717, 1.165) is 96.3 Å². The van der Waals surface area contributed by atoms with Crippen LogP contribution in [0.15, 0.2) is 72.9 Å². The lowest BCUT2D eigenvalue weighted by Crippen LogP contribution is -2.46. The topological polar surface area (TPSA) is 95.9 Å². The van der Waals surface area contributed by atoms with Crippen molar-refractivity contribution in [2.24, 2.45) is 0 Å². The number of ether oxygens (including phenoxy) is 1. The Morgan fingerprint density at radius 1 is 0.492 bits per heavy atom. The normalized spacial score (nSPS) is 13.9. The lowest BCUT2D eigenvalue weighted by molar-refractivity contribution is -0.151. The van der Waals surface area contributed by atoms with Crippen LogP contribution in [-0.4, -0.2) is 46.9 Å². The predicted molar refractivity (Wildman–Crippen MR) is 264 cm³/mol. The molecule has 3 unspecified atom stereocenters. The predicted octanol–water partition coefficient (Wildman–Crippen LogP) is 15.4. The lowest BCUT2D eigenvalue weighted by atomic mass is 10.0. The number of aliphatic hydroxyl groups excluding tert-OH is 2. The Labute approximate surface area is 377 Å². The van der Waals surface area contributed by atoms with Gasteiger partial charge in [-0.1, -0.05) is 216 Å². The number of unbranched alkanes of at least 4 members (excludes halogenated alkanes) is 24. The number of amides is 1. The molecule has 0 aromatic heterocycles. The molecule has 0 aliphatic rings. The van der Waals surface area contributed by atoms with E-state index in [9.17, 15) is 19.8 Å². The van der Waals surface area contributed by atoms with E-state index in [4.69, 9.17) is 4.74 Å². The van der Waals surface area contributed by atoms with Crippen molar-refractivity contribution < 1.29 is 24.5 Å². The summed E-state index contributed by atoms with van der Waals surface area (Å²) in [5, 5.41) is 23.7. The minimum atomic E-state index is -0.797. The van der Waals surface area contributed by atoms with Gasteiger partial charge in [-0.05, 0) is 83.5 Å². The maximum atomic E-state index is 13.2. The summed E-state index contributed by atoms with van der Waals surface area (Å²) in [6.07, 6.45) is 61.0. The summed E-state index contributed by atoms with van der Waals surface area (Å²) in [6, 6.07) is -0.713. The third-order valence-electron chi connectivity index (χ3n) is 11.4. The van der Waals surface area contributed by atoms with Gasteiger partial charge >= 0.3 is 5.97 Å². The number of esters is 1. The Kier molecular flexibility index (Phi) is 46.2. The van der Waals surface area contributed by atoms with Gasteiger partial charge in [0.15, 0.2) is 0 Å². The number of carbonyl (C=O) groups excluding carboxylic acids is 2. The highest BCUT2D eigenvalue weighted by Gasteiger charge is 2.24. The summed E-state index contributed by atoms with van der Waals surface area (Å²) < 4.78 is 5.92. The van der Waals surface area contributed by atoms with Gasteiger partial charge in [0.1, 0.15) is 6.10 Å². The third kappa shape index (κ3) is 43.7. The molecule has 3 N–H and O–H groups in total. The molecule has 0 aromatic carbocycles. The number of nitrogens with one attached hydrogen (secondary N) is 1. The second kappa shape index (κ2) is 48.3. The van der Waals surface area contributed by atoms with E-state index in [1.54, 1.807) is 0 Å². The van der Waals surface area contributed by atoms with E-state index in [1.165, 1.54) is 96.3 Å². The zero-order chi connectivity index (χ0) is 44.5. The molecular formula is C55H97NO5. The largest absolute Gasteiger partial charge is 0.462 e. The molecule has 0 spiro atoms. The van der Waals surface area contributed by atoms with E-state index in [1.807, 2.05) is 0 Å². The third-order valence-corrected chi connectivity index (χ3v) is 11.4. The molecule has 0 aromatic rings. The first-order valence-electron chi connectivity index (χ1n) is 25.7. The Bertz CT molecular complexity index is 1140. The van der Waals surface area contributed by atoms with E-state index >= 15 is 0 Å². The molecule has 0 bridgehead atoms. The van der Waals surface area contributed by atoms with Gasteiger partial charge in [-0.15, -0.1) is 0 Å². The van der Waals surface area contributed by atoms with Crippen molar-refractivity contribution >= 4 is 11.9 Å². The maximum Gasteiger partial charge on any atom is 0.306 e. The van der Waals surface area contributed by atoms with Crippen LogP contribution in [-0.2, 0) is 14.3 Å². The molecule has 352 valence electrons. The van der Waals surface area contributed by atoms with Crippen LogP contribution in [0.5, 0.6) is 0 Å². The molecule has 1 amide bonds. The number of hydrogen-bond donors (Lipinski definition) is 3. The highest BCUT2D eigenvalue weighted by Crippen LogP contribution is 2.17. The second-order valence-corrected chi connectivity index (χ2v) is 17.3. The summed E-state index contributed by atoms with van der Waals surface area (Å²) in [5.74, 6) is -0.517. The van der Waals surface area contributed by atoms with Gasteiger partial charge < -0.3 is 20.3 Å². The second-order valence-electron chi connectivity index (χ2n) is 17.3. The van der Waals surface area contributed by atoms with Crippen LogP contribution in [0.3, 0.4) is 0 Å². The van der Waals surface area contributed by atoms with Crippen LogP contribution < -0.4 is 5.32 Å². The average Bonchev–Trinajstić information content (AvgIpc) is 3.25. The van der Waals surface area contributed by atoms with Crippen LogP contribution in [0.4, 0.5) is 0 Å². The fourth-order valence-electron chi connectivity index (χ4n) is 7.41. The Morgan fingerprint density at radius 2 is 0.902 bits per heavy atom. The molecule has 0 heterocycles. The molecule has 0 aliphatic heterocycles. The highest BCUT2D eigenvalue weighted by molar-refractivity contribution is 5.77. The van der Waals surface area contributed by atoms with E-state index in [2.05, 4.69) is 99.0 Å². The first-order valence-corrected chi connectivity index (χ1v) is 25.7. The van der Waals surface area contributed by atoms with Crippen LogP contribution in [0, 0.1) is 0 Å². The molecule has 0 aliphatic carbocycles. The van der Waals surface area contributed by atoms with Gasteiger partial charge in [0.05, 0.1) is 25.2 Å². The molecule has 0 saturated carbocycles. The molecule has 0 saturated heterocycles. The smallest absolute Gasteiger partial charge is 0.306 e. The molecule has 61 heavy (non-hydrogen) atoms. The number of hydrogen-bond acceptors (Lipinski definition) is 5. The van der Waals surface area contributed by atoms with Gasteiger partial charge in [-0.2, -0.15) is 0 Å².